The summed E-state index contributed by atoms with van der Waals surface area (Å²) in [5.74, 6) is -0.244. The third-order valence-electron chi connectivity index (χ3n) is 2.62. The molecule has 0 aliphatic carbocycles. The summed E-state index contributed by atoms with van der Waals surface area (Å²) in [5.41, 5.74) is 0. The van der Waals surface area contributed by atoms with Crippen LogP contribution in [0.5, 0.6) is 0 Å². The molecule has 5 nitrogen and oxygen atoms in total. The van der Waals surface area contributed by atoms with Crippen LogP contribution in [0, 0.1) is 0 Å². The molecule has 3 amide bonds. The maximum Gasteiger partial charge on any atom is 0.347 e. The van der Waals surface area contributed by atoms with Gasteiger partial charge in [-0.1, -0.05) is 6.42 Å². The molecule has 76 valence electrons. The molecule has 0 aromatic heterocycles. The van der Waals surface area contributed by atoms with E-state index in [0.717, 1.165) is 25.9 Å². The summed E-state index contributed by atoms with van der Waals surface area (Å²) in [6.45, 7) is 1.83. The number of carbonyl (C=O) groups is 2. The monoisotopic (exact) mass is 195 g/mol. The van der Waals surface area contributed by atoms with Crippen molar-refractivity contribution in [1.82, 2.24) is 10.2 Å². The van der Waals surface area contributed by atoms with Gasteiger partial charge in [-0.2, -0.15) is 0 Å². The van der Waals surface area contributed by atoms with Crippen molar-refractivity contribution in [3.63, 3.8) is 0 Å². The molecule has 1 N–H and O–H groups in total. The van der Waals surface area contributed by atoms with Gasteiger partial charge >= 0.3 is 6.03 Å². The highest BCUT2D eigenvalue weighted by Crippen LogP contribution is 2.12. The summed E-state index contributed by atoms with van der Waals surface area (Å²) >= 11 is 0. The van der Waals surface area contributed by atoms with E-state index < -0.39 is 6.03 Å². The van der Waals surface area contributed by atoms with E-state index >= 15 is 0 Å². The predicted octanol–water partition coefficient (Wildman–Crippen LogP) is 0.162. The fraction of sp³-hybridized carbons (Fsp3) is 0.667. The van der Waals surface area contributed by atoms with Crippen molar-refractivity contribution in [2.45, 2.75) is 25.3 Å². The van der Waals surface area contributed by atoms with Crippen molar-refractivity contribution in [3.8, 4) is 0 Å². The minimum atomic E-state index is -0.553. The minimum absolute atomic E-state index is 0.244. The van der Waals surface area contributed by atoms with Gasteiger partial charge in [0.15, 0.2) is 0 Å². The number of nitrogens with zero attached hydrogens (tertiary/aromatic N) is 2. The van der Waals surface area contributed by atoms with E-state index in [2.05, 4.69) is 15.2 Å². The van der Waals surface area contributed by atoms with Gasteiger partial charge in [0.2, 0.25) is 0 Å². The molecule has 1 saturated heterocycles. The van der Waals surface area contributed by atoms with Crippen LogP contribution < -0.4 is 5.32 Å². The molecule has 5 heteroatoms. The van der Waals surface area contributed by atoms with Gasteiger partial charge in [0.25, 0.3) is 5.91 Å². The first kappa shape index (κ1) is 9.33. The lowest BCUT2D eigenvalue weighted by molar-refractivity contribution is -0.123. The second-order valence-electron chi connectivity index (χ2n) is 3.61. The van der Waals surface area contributed by atoms with Crippen molar-refractivity contribution in [1.29, 1.82) is 0 Å². The number of aliphatic imine (C=N–C) groups is 1. The van der Waals surface area contributed by atoms with Crippen LogP contribution in [0.15, 0.2) is 4.99 Å². The zero-order valence-corrected chi connectivity index (χ0v) is 7.90. The van der Waals surface area contributed by atoms with Crippen LogP contribution in [0.1, 0.15) is 19.3 Å². The van der Waals surface area contributed by atoms with E-state index in [-0.39, 0.29) is 11.9 Å². The molecular weight excluding hydrogens is 182 g/mol. The molecule has 2 rings (SSSR count). The normalized spacial score (nSPS) is 29.0. The molecule has 0 aromatic carbocycles. The number of rotatable bonds is 1. The largest absolute Gasteiger partial charge is 0.347 e. The molecule has 0 spiro atoms. The van der Waals surface area contributed by atoms with E-state index in [1.807, 2.05) is 0 Å². The smallest absolute Gasteiger partial charge is 0.288 e. The van der Waals surface area contributed by atoms with Crippen LogP contribution in [0.4, 0.5) is 4.79 Å². The molecule has 2 aliphatic heterocycles. The number of piperidine rings is 1. The number of amides is 3. The average molecular weight is 195 g/mol. The fourth-order valence-corrected chi connectivity index (χ4v) is 1.87. The Morgan fingerprint density at radius 2 is 2.00 bits per heavy atom. The fourth-order valence-electron chi connectivity index (χ4n) is 1.87. The predicted molar refractivity (Wildman–Crippen MR) is 51.2 cm³/mol. The third-order valence-corrected chi connectivity index (χ3v) is 2.62. The first-order chi connectivity index (χ1) is 6.77. The molecule has 2 aliphatic rings. The molecule has 0 radical (unpaired) electrons. The Hall–Kier alpha value is -1.23. The standard InChI is InChI=1S/C9H13N3O2/c13-8-7(6-10-9(14)11-8)12-4-2-1-3-5-12/h6-7H,1-5H2,(H,11,13,14). The summed E-state index contributed by atoms with van der Waals surface area (Å²) in [6.07, 6.45) is 4.91. The Kier molecular flexibility index (Phi) is 2.58. The number of nitrogens with one attached hydrogen (secondary N) is 1. The lowest BCUT2D eigenvalue weighted by Gasteiger charge is -2.32. The van der Waals surface area contributed by atoms with Crippen LogP contribution in [0.2, 0.25) is 0 Å². The molecule has 2 heterocycles. The topological polar surface area (TPSA) is 61.8 Å². The summed E-state index contributed by atoms with van der Waals surface area (Å²) in [4.78, 5) is 27.9. The van der Waals surface area contributed by atoms with Crippen LogP contribution in [-0.4, -0.2) is 42.2 Å². The van der Waals surface area contributed by atoms with Gasteiger partial charge in [0.1, 0.15) is 6.04 Å². The Morgan fingerprint density at radius 1 is 1.29 bits per heavy atom. The summed E-state index contributed by atoms with van der Waals surface area (Å²) in [6, 6.07) is -0.892. The molecule has 14 heavy (non-hydrogen) atoms. The summed E-state index contributed by atoms with van der Waals surface area (Å²) in [7, 11) is 0. The maximum absolute atomic E-state index is 11.4. The first-order valence-corrected chi connectivity index (χ1v) is 4.90. The van der Waals surface area contributed by atoms with Crippen LogP contribution in [-0.2, 0) is 4.79 Å². The second kappa shape index (κ2) is 3.88. The van der Waals surface area contributed by atoms with Crippen molar-refractivity contribution in [3.05, 3.63) is 0 Å². The Bertz CT molecular complexity index is 282. The molecule has 1 atom stereocenters. The number of hydrogen-bond acceptors (Lipinski definition) is 3. The molecule has 0 aromatic rings. The number of hydrogen-bond donors (Lipinski definition) is 1. The summed E-state index contributed by atoms with van der Waals surface area (Å²) < 4.78 is 0. The Balaban J connectivity index is 2.05. The number of urea groups is 1. The van der Waals surface area contributed by atoms with E-state index in [0.29, 0.717) is 0 Å². The first-order valence-electron chi connectivity index (χ1n) is 4.90. The van der Waals surface area contributed by atoms with E-state index in [1.54, 1.807) is 0 Å². The van der Waals surface area contributed by atoms with Gasteiger partial charge in [-0.3, -0.25) is 15.0 Å². The SMILES string of the molecule is O=C1N=CC(N2CCCCC2)C(=O)N1. The Labute approximate surface area is 82.2 Å². The lowest BCUT2D eigenvalue weighted by atomic mass is 10.1. The molecule has 0 saturated carbocycles. The zero-order chi connectivity index (χ0) is 9.97. The van der Waals surface area contributed by atoms with Gasteiger partial charge in [0.05, 0.1) is 0 Å². The van der Waals surface area contributed by atoms with Gasteiger partial charge in [-0.25, -0.2) is 9.79 Å². The molecular formula is C9H13N3O2. The average Bonchev–Trinajstić information content (AvgIpc) is 2.19. The summed E-state index contributed by atoms with van der Waals surface area (Å²) in [5, 5.41) is 2.21. The highest BCUT2D eigenvalue weighted by molar-refractivity contribution is 6.11. The molecule has 1 unspecified atom stereocenters. The second-order valence-corrected chi connectivity index (χ2v) is 3.61. The number of carbonyl (C=O) groups excluding carboxylic acids is 2. The molecule has 1 fully saturated rings. The van der Waals surface area contributed by atoms with Crippen molar-refractivity contribution < 1.29 is 9.59 Å². The molecule has 0 bridgehead atoms. The van der Waals surface area contributed by atoms with Crippen molar-refractivity contribution in [2.24, 2.45) is 4.99 Å². The zero-order valence-electron chi connectivity index (χ0n) is 7.90. The lowest BCUT2D eigenvalue weighted by Crippen LogP contribution is -2.53. The number of imide groups is 1. The minimum Gasteiger partial charge on any atom is -0.288 e. The maximum atomic E-state index is 11.4. The van der Waals surface area contributed by atoms with Gasteiger partial charge in [0, 0.05) is 6.21 Å². The van der Waals surface area contributed by atoms with E-state index in [1.165, 1.54) is 12.6 Å². The van der Waals surface area contributed by atoms with Crippen molar-refractivity contribution in [2.75, 3.05) is 13.1 Å². The highest BCUT2D eigenvalue weighted by atomic mass is 16.2. The third kappa shape index (κ3) is 1.82. The Morgan fingerprint density at radius 3 is 2.64 bits per heavy atom. The number of likely N-dealkylation sites (tertiary alicyclic amines) is 1. The van der Waals surface area contributed by atoms with Crippen molar-refractivity contribution >= 4 is 18.2 Å². The van der Waals surface area contributed by atoms with E-state index in [9.17, 15) is 9.59 Å². The highest BCUT2D eigenvalue weighted by Gasteiger charge is 2.29. The van der Waals surface area contributed by atoms with Gasteiger partial charge in [-0.15, -0.1) is 0 Å². The van der Waals surface area contributed by atoms with Crippen LogP contribution >= 0.6 is 0 Å². The van der Waals surface area contributed by atoms with Crippen LogP contribution in [0.25, 0.3) is 0 Å². The van der Waals surface area contributed by atoms with Gasteiger partial charge in [-0.05, 0) is 25.9 Å². The van der Waals surface area contributed by atoms with Crippen LogP contribution in [0.3, 0.4) is 0 Å². The van der Waals surface area contributed by atoms with E-state index in [4.69, 9.17) is 0 Å². The quantitative estimate of drug-likeness (QED) is 0.648. The van der Waals surface area contributed by atoms with Gasteiger partial charge < -0.3 is 0 Å².